The van der Waals surface area contributed by atoms with E-state index in [0.717, 1.165) is 16.7 Å². The molecule has 2 N–H and O–H groups in total. The van der Waals surface area contributed by atoms with Gasteiger partial charge in [-0.3, -0.25) is 14.4 Å². The molecule has 2 aliphatic rings. The highest BCUT2D eigenvalue weighted by Gasteiger charge is 2.33. The summed E-state index contributed by atoms with van der Waals surface area (Å²) in [5.74, 6) is -0.356. The van der Waals surface area contributed by atoms with Crippen LogP contribution in [0.25, 0.3) is 0 Å². The van der Waals surface area contributed by atoms with Gasteiger partial charge in [-0.1, -0.05) is 37.3 Å². The average molecular weight is 424 g/mol. The molecule has 7 heteroatoms. The van der Waals surface area contributed by atoms with Crippen molar-refractivity contribution in [2.45, 2.75) is 64.3 Å². The van der Waals surface area contributed by atoms with Crippen LogP contribution in [-0.2, 0) is 30.7 Å². The standard InChI is InChI=1S/C24H29N3O4/c1-2-21(29)26-13-11-18-17(14-26)15-27(12-10-16-6-4-3-5-7-16)24(31)22(18)23(30)25-19-8-9-20(19)28/h3-7,15,19-20,28H,2,8-14H2,1H3,(H,25,30)/t19-,20-/m0/s1. The van der Waals surface area contributed by atoms with Crippen molar-refractivity contribution in [3.8, 4) is 0 Å². The molecule has 0 spiro atoms. The first-order valence-electron chi connectivity index (χ1n) is 11.0. The molecule has 0 saturated heterocycles. The van der Waals surface area contributed by atoms with Gasteiger partial charge in [0.25, 0.3) is 11.5 Å². The number of aliphatic hydroxyl groups is 1. The number of aromatic nitrogens is 1. The number of nitrogens with zero attached hydrogens (tertiary/aromatic N) is 2. The van der Waals surface area contributed by atoms with E-state index in [9.17, 15) is 19.5 Å². The molecule has 0 unspecified atom stereocenters. The third-order valence-electron chi connectivity index (χ3n) is 6.39. The van der Waals surface area contributed by atoms with Gasteiger partial charge in [0.15, 0.2) is 0 Å². The molecule has 164 valence electrons. The molecule has 1 aromatic heterocycles. The van der Waals surface area contributed by atoms with Gasteiger partial charge in [0, 0.05) is 32.3 Å². The molecule has 1 fully saturated rings. The molecule has 0 bridgehead atoms. The fourth-order valence-electron chi connectivity index (χ4n) is 4.33. The Bertz CT molecular complexity index is 1030. The molecule has 7 nitrogen and oxygen atoms in total. The van der Waals surface area contributed by atoms with Crippen LogP contribution < -0.4 is 10.9 Å². The van der Waals surface area contributed by atoms with Gasteiger partial charge < -0.3 is 19.9 Å². The minimum Gasteiger partial charge on any atom is -0.391 e. The van der Waals surface area contributed by atoms with E-state index in [-0.39, 0.29) is 23.1 Å². The molecule has 2 aromatic rings. The predicted molar refractivity (Wildman–Crippen MR) is 117 cm³/mol. The summed E-state index contributed by atoms with van der Waals surface area (Å²) in [6, 6.07) is 9.59. The number of hydrogen-bond donors (Lipinski definition) is 2. The maximum atomic E-state index is 13.3. The third-order valence-corrected chi connectivity index (χ3v) is 6.39. The number of rotatable bonds is 6. The van der Waals surface area contributed by atoms with Crippen LogP contribution in [0.1, 0.15) is 53.2 Å². The number of amides is 2. The van der Waals surface area contributed by atoms with E-state index in [1.807, 2.05) is 43.5 Å². The quantitative estimate of drug-likeness (QED) is 0.739. The molecule has 1 saturated carbocycles. The topological polar surface area (TPSA) is 91.6 Å². The van der Waals surface area contributed by atoms with Crippen molar-refractivity contribution in [1.29, 1.82) is 0 Å². The minimum absolute atomic E-state index is 0.0660. The molecule has 0 radical (unpaired) electrons. The van der Waals surface area contributed by atoms with Crippen molar-refractivity contribution < 1.29 is 14.7 Å². The molecule has 1 aliphatic carbocycles. The molecule has 1 aliphatic heterocycles. The molecular formula is C24H29N3O4. The van der Waals surface area contributed by atoms with Crippen molar-refractivity contribution in [1.82, 2.24) is 14.8 Å². The van der Waals surface area contributed by atoms with E-state index in [1.165, 1.54) is 0 Å². The van der Waals surface area contributed by atoms with Crippen LogP contribution in [0, 0.1) is 0 Å². The minimum atomic E-state index is -0.554. The second-order valence-electron chi connectivity index (χ2n) is 8.39. The molecule has 2 heterocycles. The number of aryl methyl sites for hydroxylation is 2. The Morgan fingerprint density at radius 2 is 1.97 bits per heavy atom. The van der Waals surface area contributed by atoms with E-state index in [0.29, 0.717) is 51.7 Å². The SMILES string of the molecule is CCC(=O)N1CCc2c(cn(CCc3ccccc3)c(=O)c2C(=O)N[C@H]2CC[C@@H]2O)C1. The highest BCUT2D eigenvalue weighted by atomic mass is 16.3. The number of fused-ring (bicyclic) bond motifs is 1. The predicted octanol–water partition coefficient (Wildman–Crippen LogP) is 1.64. The lowest BCUT2D eigenvalue weighted by Crippen LogP contribution is -2.52. The van der Waals surface area contributed by atoms with Crippen LogP contribution in [-0.4, -0.2) is 45.1 Å². The fraction of sp³-hybridized carbons (Fsp3) is 0.458. The normalized spacial score (nSPS) is 20.0. The van der Waals surface area contributed by atoms with Crippen LogP contribution >= 0.6 is 0 Å². The zero-order chi connectivity index (χ0) is 22.0. The van der Waals surface area contributed by atoms with E-state index in [2.05, 4.69) is 5.32 Å². The number of carbonyl (C=O) groups excluding carboxylic acids is 2. The lowest BCUT2D eigenvalue weighted by Gasteiger charge is -2.34. The Labute approximate surface area is 181 Å². The summed E-state index contributed by atoms with van der Waals surface area (Å²) in [4.78, 5) is 40.4. The summed E-state index contributed by atoms with van der Waals surface area (Å²) in [7, 11) is 0. The maximum absolute atomic E-state index is 13.3. The summed E-state index contributed by atoms with van der Waals surface area (Å²) in [5, 5.41) is 12.7. The van der Waals surface area contributed by atoms with Gasteiger partial charge in [-0.05, 0) is 42.4 Å². The van der Waals surface area contributed by atoms with Crippen LogP contribution in [0.3, 0.4) is 0 Å². The number of pyridine rings is 1. The number of nitrogens with one attached hydrogen (secondary N) is 1. The van der Waals surface area contributed by atoms with Crippen molar-refractivity contribution in [3.05, 3.63) is 69.1 Å². The first kappa shape index (κ1) is 21.3. The Morgan fingerprint density at radius 1 is 1.19 bits per heavy atom. The van der Waals surface area contributed by atoms with Crippen LogP contribution in [0.4, 0.5) is 0 Å². The largest absolute Gasteiger partial charge is 0.391 e. The Kier molecular flexibility index (Phi) is 6.23. The molecule has 2 atom stereocenters. The van der Waals surface area contributed by atoms with E-state index in [1.54, 1.807) is 9.47 Å². The van der Waals surface area contributed by atoms with Crippen LogP contribution in [0.15, 0.2) is 41.3 Å². The first-order chi connectivity index (χ1) is 15.0. The number of aliphatic hydroxyl groups excluding tert-OH is 1. The van der Waals surface area contributed by atoms with Gasteiger partial charge in [0.2, 0.25) is 5.91 Å². The summed E-state index contributed by atoms with van der Waals surface area (Å²) in [6.45, 7) is 3.19. The van der Waals surface area contributed by atoms with Gasteiger partial charge in [-0.2, -0.15) is 0 Å². The summed E-state index contributed by atoms with van der Waals surface area (Å²) < 4.78 is 1.60. The van der Waals surface area contributed by atoms with E-state index >= 15 is 0 Å². The third kappa shape index (κ3) is 4.42. The van der Waals surface area contributed by atoms with Gasteiger partial charge in [0.05, 0.1) is 12.1 Å². The van der Waals surface area contributed by atoms with Crippen molar-refractivity contribution in [2.24, 2.45) is 0 Å². The molecule has 4 rings (SSSR count). The van der Waals surface area contributed by atoms with Gasteiger partial charge >= 0.3 is 0 Å². The highest BCUT2D eigenvalue weighted by Crippen LogP contribution is 2.24. The Balaban J connectivity index is 1.67. The van der Waals surface area contributed by atoms with Crippen LogP contribution in [0.5, 0.6) is 0 Å². The van der Waals surface area contributed by atoms with Gasteiger partial charge in [-0.15, -0.1) is 0 Å². The van der Waals surface area contributed by atoms with Crippen molar-refractivity contribution in [2.75, 3.05) is 6.54 Å². The number of benzene rings is 1. The summed E-state index contributed by atoms with van der Waals surface area (Å²) in [5.41, 5.74) is 2.54. The van der Waals surface area contributed by atoms with E-state index < -0.39 is 12.0 Å². The lowest BCUT2D eigenvalue weighted by molar-refractivity contribution is -0.131. The second kappa shape index (κ2) is 9.06. The zero-order valence-corrected chi connectivity index (χ0v) is 17.8. The fourth-order valence-corrected chi connectivity index (χ4v) is 4.33. The number of hydrogen-bond acceptors (Lipinski definition) is 4. The molecule has 1 aromatic carbocycles. The van der Waals surface area contributed by atoms with E-state index in [4.69, 9.17) is 0 Å². The Hall–Kier alpha value is -2.93. The molecule has 2 amide bonds. The summed E-state index contributed by atoms with van der Waals surface area (Å²) >= 11 is 0. The summed E-state index contributed by atoms with van der Waals surface area (Å²) in [6.07, 6.45) is 4.20. The first-order valence-corrected chi connectivity index (χ1v) is 11.0. The maximum Gasteiger partial charge on any atom is 0.263 e. The molecular weight excluding hydrogens is 394 g/mol. The Morgan fingerprint density at radius 3 is 2.61 bits per heavy atom. The van der Waals surface area contributed by atoms with Gasteiger partial charge in [0.1, 0.15) is 5.56 Å². The van der Waals surface area contributed by atoms with Crippen molar-refractivity contribution in [3.63, 3.8) is 0 Å². The van der Waals surface area contributed by atoms with Crippen LogP contribution in [0.2, 0.25) is 0 Å². The van der Waals surface area contributed by atoms with Gasteiger partial charge in [-0.25, -0.2) is 0 Å². The number of carbonyl (C=O) groups is 2. The van der Waals surface area contributed by atoms with Crippen molar-refractivity contribution >= 4 is 11.8 Å². The molecule has 31 heavy (non-hydrogen) atoms. The highest BCUT2D eigenvalue weighted by molar-refractivity contribution is 5.96. The zero-order valence-electron chi connectivity index (χ0n) is 17.8. The smallest absolute Gasteiger partial charge is 0.263 e. The second-order valence-corrected chi connectivity index (χ2v) is 8.39. The monoisotopic (exact) mass is 423 g/mol. The lowest BCUT2D eigenvalue weighted by atomic mass is 9.88. The average Bonchev–Trinajstić information content (AvgIpc) is 2.79.